The Bertz CT molecular complexity index is 317. The summed E-state index contributed by atoms with van der Waals surface area (Å²) < 4.78 is 10.4. The minimum atomic E-state index is -0.142. The first-order valence-corrected chi connectivity index (χ1v) is 5.23. The summed E-state index contributed by atoms with van der Waals surface area (Å²) in [6, 6.07) is 5.36. The summed E-state index contributed by atoms with van der Waals surface area (Å²) in [7, 11) is 1.58. The number of methoxy groups -OCH3 is 1. The van der Waals surface area contributed by atoms with Crippen LogP contribution in [0, 0.1) is 0 Å². The van der Waals surface area contributed by atoms with Crippen LogP contribution in [0.1, 0.15) is 18.5 Å². The molecule has 1 aromatic carbocycles. The van der Waals surface area contributed by atoms with Crippen LogP contribution in [0.4, 0.5) is 0 Å². The lowest BCUT2D eigenvalue weighted by atomic mass is 10.1. The van der Waals surface area contributed by atoms with E-state index in [1.54, 1.807) is 13.2 Å². The molecule has 0 spiro atoms. The van der Waals surface area contributed by atoms with E-state index in [2.05, 4.69) is 0 Å². The van der Waals surface area contributed by atoms with Crippen LogP contribution in [0.5, 0.6) is 5.75 Å². The minimum Gasteiger partial charge on any atom is -0.495 e. The van der Waals surface area contributed by atoms with Gasteiger partial charge in [-0.3, -0.25) is 0 Å². The highest BCUT2D eigenvalue weighted by molar-refractivity contribution is 6.32. The second-order valence-corrected chi connectivity index (χ2v) is 3.57. The molecule has 0 aromatic heterocycles. The molecule has 0 aliphatic heterocycles. The third-order valence-corrected chi connectivity index (χ3v) is 2.42. The molecule has 0 amide bonds. The van der Waals surface area contributed by atoms with Crippen molar-refractivity contribution in [2.45, 2.75) is 13.0 Å². The summed E-state index contributed by atoms with van der Waals surface area (Å²) in [5, 5.41) is 0.588. The van der Waals surface area contributed by atoms with Gasteiger partial charge >= 0.3 is 0 Å². The van der Waals surface area contributed by atoms with Crippen molar-refractivity contribution in [2.75, 3.05) is 20.3 Å². The average molecular weight is 230 g/mol. The number of nitrogens with two attached hydrogens (primary N) is 1. The summed E-state index contributed by atoms with van der Waals surface area (Å²) in [6.07, 6.45) is 0. The molecule has 0 heterocycles. The van der Waals surface area contributed by atoms with E-state index in [1.807, 2.05) is 19.1 Å². The topological polar surface area (TPSA) is 44.5 Å². The lowest BCUT2D eigenvalue weighted by molar-refractivity contribution is 0.133. The van der Waals surface area contributed by atoms with Crippen LogP contribution in [-0.2, 0) is 4.74 Å². The molecule has 4 heteroatoms. The molecular weight excluding hydrogens is 214 g/mol. The van der Waals surface area contributed by atoms with Crippen molar-refractivity contribution in [2.24, 2.45) is 5.73 Å². The summed E-state index contributed by atoms with van der Waals surface area (Å²) in [5.41, 5.74) is 6.89. The summed E-state index contributed by atoms with van der Waals surface area (Å²) in [5.74, 6) is 0.640. The predicted octanol–water partition coefficient (Wildman–Crippen LogP) is 2.38. The van der Waals surface area contributed by atoms with Gasteiger partial charge in [0.1, 0.15) is 5.75 Å². The van der Waals surface area contributed by atoms with Crippen LogP contribution < -0.4 is 10.5 Å². The predicted molar refractivity (Wildman–Crippen MR) is 61.4 cm³/mol. The van der Waals surface area contributed by atoms with Crippen LogP contribution >= 0.6 is 11.6 Å². The second-order valence-electron chi connectivity index (χ2n) is 3.16. The van der Waals surface area contributed by atoms with Crippen molar-refractivity contribution in [1.29, 1.82) is 0 Å². The second kappa shape index (κ2) is 5.95. The zero-order chi connectivity index (χ0) is 11.3. The largest absolute Gasteiger partial charge is 0.495 e. The van der Waals surface area contributed by atoms with Gasteiger partial charge in [0, 0.05) is 6.61 Å². The van der Waals surface area contributed by atoms with Crippen LogP contribution in [0.2, 0.25) is 5.02 Å². The summed E-state index contributed by atoms with van der Waals surface area (Å²) >= 11 is 5.91. The lowest BCUT2D eigenvalue weighted by Crippen LogP contribution is -2.17. The Labute approximate surface area is 95.1 Å². The molecule has 1 aromatic rings. The van der Waals surface area contributed by atoms with Crippen molar-refractivity contribution in [3.8, 4) is 5.75 Å². The first-order valence-electron chi connectivity index (χ1n) is 4.85. The Hall–Kier alpha value is -0.770. The van der Waals surface area contributed by atoms with Crippen LogP contribution in [0.15, 0.2) is 18.2 Å². The third kappa shape index (κ3) is 3.38. The Morgan fingerprint density at radius 1 is 1.47 bits per heavy atom. The van der Waals surface area contributed by atoms with Crippen molar-refractivity contribution in [1.82, 2.24) is 0 Å². The van der Waals surface area contributed by atoms with E-state index in [1.165, 1.54) is 0 Å². The summed E-state index contributed by atoms with van der Waals surface area (Å²) in [4.78, 5) is 0. The molecule has 1 unspecified atom stereocenters. The molecule has 0 radical (unpaired) electrons. The van der Waals surface area contributed by atoms with E-state index in [-0.39, 0.29) is 6.04 Å². The quantitative estimate of drug-likeness (QED) is 0.843. The molecule has 1 atom stereocenters. The van der Waals surface area contributed by atoms with Gasteiger partial charge in [0.15, 0.2) is 0 Å². The Balaban J connectivity index is 2.76. The molecule has 15 heavy (non-hydrogen) atoms. The molecule has 0 aliphatic carbocycles. The smallest absolute Gasteiger partial charge is 0.137 e. The number of hydrogen-bond donors (Lipinski definition) is 1. The monoisotopic (exact) mass is 229 g/mol. The van der Waals surface area contributed by atoms with Crippen molar-refractivity contribution >= 4 is 11.6 Å². The highest BCUT2D eigenvalue weighted by atomic mass is 35.5. The van der Waals surface area contributed by atoms with Gasteiger partial charge in [-0.25, -0.2) is 0 Å². The minimum absolute atomic E-state index is 0.142. The lowest BCUT2D eigenvalue weighted by Gasteiger charge is -2.13. The van der Waals surface area contributed by atoms with Gasteiger partial charge in [0.2, 0.25) is 0 Å². The van der Waals surface area contributed by atoms with Crippen molar-refractivity contribution in [3.63, 3.8) is 0 Å². The zero-order valence-corrected chi connectivity index (χ0v) is 9.75. The first-order chi connectivity index (χ1) is 7.19. The van der Waals surface area contributed by atoms with Crippen LogP contribution in [0.25, 0.3) is 0 Å². The number of halogens is 1. The Kier molecular flexibility index (Phi) is 4.88. The molecule has 1 rings (SSSR count). The maximum atomic E-state index is 5.93. The first kappa shape index (κ1) is 12.3. The van der Waals surface area contributed by atoms with E-state index >= 15 is 0 Å². The molecule has 0 fully saturated rings. The SMILES string of the molecule is CCOCC(N)c1ccc(Cl)c(OC)c1. The maximum absolute atomic E-state index is 5.93. The molecule has 0 aliphatic rings. The number of ether oxygens (including phenoxy) is 2. The number of hydrogen-bond acceptors (Lipinski definition) is 3. The number of benzene rings is 1. The highest BCUT2D eigenvalue weighted by Crippen LogP contribution is 2.27. The fraction of sp³-hybridized carbons (Fsp3) is 0.455. The normalized spacial score (nSPS) is 12.5. The van der Waals surface area contributed by atoms with Crippen molar-refractivity contribution in [3.05, 3.63) is 28.8 Å². The van der Waals surface area contributed by atoms with Gasteiger partial charge in [0.25, 0.3) is 0 Å². The van der Waals surface area contributed by atoms with Gasteiger partial charge < -0.3 is 15.2 Å². The van der Waals surface area contributed by atoms with E-state index in [9.17, 15) is 0 Å². The van der Waals surface area contributed by atoms with E-state index < -0.39 is 0 Å². The van der Waals surface area contributed by atoms with Gasteiger partial charge in [-0.1, -0.05) is 17.7 Å². The molecule has 3 nitrogen and oxygen atoms in total. The fourth-order valence-electron chi connectivity index (χ4n) is 1.25. The zero-order valence-electron chi connectivity index (χ0n) is 9.00. The molecular formula is C11H16ClNO2. The van der Waals surface area contributed by atoms with Gasteiger partial charge in [-0.2, -0.15) is 0 Å². The van der Waals surface area contributed by atoms with Crippen LogP contribution in [0.3, 0.4) is 0 Å². The number of rotatable bonds is 5. The van der Waals surface area contributed by atoms with Gasteiger partial charge in [-0.05, 0) is 24.6 Å². The van der Waals surface area contributed by atoms with Gasteiger partial charge in [-0.15, -0.1) is 0 Å². The van der Waals surface area contributed by atoms with E-state index in [0.29, 0.717) is 24.0 Å². The Morgan fingerprint density at radius 2 is 2.20 bits per heavy atom. The fourth-order valence-corrected chi connectivity index (χ4v) is 1.44. The van der Waals surface area contributed by atoms with Crippen molar-refractivity contribution < 1.29 is 9.47 Å². The van der Waals surface area contributed by atoms with Crippen LogP contribution in [-0.4, -0.2) is 20.3 Å². The molecule has 0 bridgehead atoms. The van der Waals surface area contributed by atoms with E-state index in [0.717, 1.165) is 5.56 Å². The van der Waals surface area contributed by atoms with E-state index in [4.69, 9.17) is 26.8 Å². The Morgan fingerprint density at radius 3 is 2.80 bits per heavy atom. The third-order valence-electron chi connectivity index (χ3n) is 2.10. The average Bonchev–Trinajstić information content (AvgIpc) is 2.26. The van der Waals surface area contributed by atoms with Gasteiger partial charge in [0.05, 0.1) is 24.8 Å². The molecule has 2 N–H and O–H groups in total. The maximum Gasteiger partial charge on any atom is 0.137 e. The molecule has 0 saturated carbocycles. The molecule has 84 valence electrons. The molecule has 0 saturated heterocycles. The summed E-state index contributed by atoms with van der Waals surface area (Å²) in [6.45, 7) is 3.11. The highest BCUT2D eigenvalue weighted by Gasteiger charge is 2.08. The standard InChI is InChI=1S/C11H16ClNO2/c1-3-15-7-10(13)8-4-5-9(12)11(6-8)14-2/h4-6,10H,3,7,13H2,1-2H3.